The summed E-state index contributed by atoms with van der Waals surface area (Å²) in [6.45, 7) is 2.91. The van der Waals surface area contributed by atoms with Gasteiger partial charge in [-0.3, -0.25) is 14.2 Å². The second kappa shape index (κ2) is 10.9. The third kappa shape index (κ3) is 5.22. The van der Waals surface area contributed by atoms with Crippen molar-refractivity contribution < 1.29 is 23.7 Å². The minimum atomic E-state index is -0.235. The van der Waals surface area contributed by atoms with Gasteiger partial charge in [0, 0.05) is 17.8 Å². The molecule has 190 valence electrons. The monoisotopic (exact) mass is 508 g/mol. The minimum absolute atomic E-state index is 0.00954. The normalized spacial score (nSPS) is 11.9. The van der Waals surface area contributed by atoms with Crippen LogP contribution < -0.4 is 24.5 Å². The van der Waals surface area contributed by atoms with Crippen LogP contribution in [-0.2, 0) is 13.2 Å². The highest BCUT2D eigenvalue weighted by molar-refractivity contribution is 5.79. The lowest BCUT2D eigenvalue weighted by Gasteiger charge is -2.19. The number of aryl methyl sites for hydroxylation is 1. The maximum Gasteiger partial charge on any atom is 0.261 e. The number of hydrogen-bond acceptors (Lipinski definition) is 7. The molecule has 2 heterocycles. The average Bonchev–Trinajstić information content (AvgIpc) is 2.96. The lowest BCUT2D eigenvalue weighted by Crippen LogP contribution is -2.23. The van der Waals surface area contributed by atoms with Crippen molar-refractivity contribution in [2.75, 3.05) is 13.2 Å². The number of aldehydes is 1. The Morgan fingerprint density at radius 1 is 0.947 bits per heavy atom. The Morgan fingerprint density at radius 2 is 1.74 bits per heavy atom. The standard InChI is InChI=1S/C30H24N2O6/c1-20-12-27(28(14-24(20)17-33)37-18-22-5-2-4-21(13-22)16-31)38-19-23-6-3-9-32(30(23)34)25-7-8-26-29(15-25)36-11-10-35-26/h2-9,12-15,17H,10-11,18-19H2,1H3. The summed E-state index contributed by atoms with van der Waals surface area (Å²) in [7, 11) is 0. The molecule has 0 unspecified atom stereocenters. The van der Waals surface area contributed by atoms with Crippen LogP contribution in [0.1, 0.15) is 32.6 Å². The first-order valence-corrected chi connectivity index (χ1v) is 12.0. The van der Waals surface area contributed by atoms with Crippen molar-refractivity contribution in [3.05, 3.63) is 111 Å². The molecule has 0 N–H and O–H groups in total. The predicted octanol–water partition coefficient (Wildman–Crippen LogP) is 4.76. The molecule has 8 nitrogen and oxygen atoms in total. The van der Waals surface area contributed by atoms with Crippen molar-refractivity contribution in [3.63, 3.8) is 0 Å². The number of rotatable bonds is 8. The summed E-state index contributed by atoms with van der Waals surface area (Å²) in [5, 5.41) is 9.15. The number of carbonyl (C=O) groups is 1. The molecule has 0 fully saturated rings. The highest BCUT2D eigenvalue weighted by Gasteiger charge is 2.15. The number of carbonyl (C=O) groups excluding carboxylic acids is 1. The largest absolute Gasteiger partial charge is 0.486 e. The maximum absolute atomic E-state index is 13.3. The lowest BCUT2D eigenvalue weighted by atomic mass is 10.1. The van der Waals surface area contributed by atoms with E-state index in [1.54, 1.807) is 73.8 Å². The van der Waals surface area contributed by atoms with Crippen molar-refractivity contribution >= 4 is 6.29 Å². The van der Waals surface area contributed by atoms with E-state index in [-0.39, 0.29) is 18.8 Å². The van der Waals surface area contributed by atoms with Crippen molar-refractivity contribution in [2.45, 2.75) is 20.1 Å². The summed E-state index contributed by atoms with van der Waals surface area (Å²) in [6, 6.07) is 21.4. The van der Waals surface area contributed by atoms with E-state index in [9.17, 15) is 9.59 Å². The number of nitriles is 1. The Labute approximate surface area is 219 Å². The molecular formula is C30H24N2O6. The smallest absolute Gasteiger partial charge is 0.261 e. The van der Waals surface area contributed by atoms with Gasteiger partial charge in [-0.05, 0) is 66.6 Å². The number of aromatic nitrogens is 1. The molecule has 0 spiro atoms. The Bertz CT molecular complexity index is 1600. The number of benzene rings is 3. The second-order valence-electron chi connectivity index (χ2n) is 8.70. The van der Waals surface area contributed by atoms with Crippen molar-refractivity contribution in [1.82, 2.24) is 4.57 Å². The minimum Gasteiger partial charge on any atom is -0.486 e. The van der Waals surface area contributed by atoms with Gasteiger partial charge in [0.25, 0.3) is 5.56 Å². The summed E-state index contributed by atoms with van der Waals surface area (Å²) >= 11 is 0. The highest BCUT2D eigenvalue weighted by atomic mass is 16.6. The summed E-state index contributed by atoms with van der Waals surface area (Å²) < 4.78 is 24.8. The zero-order valence-electron chi connectivity index (χ0n) is 20.7. The van der Waals surface area contributed by atoms with Crippen LogP contribution >= 0.6 is 0 Å². The van der Waals surface area contributed by atoms with Crippen molar-refractivity contribution in [1.29, 1.82) is 5.26 Å². The molecular weight excluding hydrogens is 484 g/mol. The fraction of sp³-hybridized carbons (Fsp3) is 0.167. The van der Waals surface area contributed by atoms with E-state index in [0.717, 1.165) is 17.4 Å². The molecule has 0 aliphatic carbocycles. The fourth-order valence-corrected chi connectivity index (χ4v) is 4.11. The van der Waals surface area contributed by atoms with Crippen LogP contribution in [0.2, 0.25) is 0 Å². The first-order chi connectivity index (χ1) is 18.6. The molecule has 1 aliphatic rings. The van der Waals surface area contributed by atoms with E-state index in [1.807, 2.05) is 6.07 Å². The number of ether oxygens (including phenoxy) is 4. The third-order valence-electron chi connectivity index (χ3n) is 6.12. The van der Waals surface area contributed by atoms with Gasteiger partial charge in [0.2, 0.25) is 0 Å². The highest BCUT2D eigenvalue weighted by Crippen LogP contribution is 2.33. The number of hydrogen-bond donors (Lipinski definition) is 0. The molecule has 1 aliphatic heterocycles. The van der Waals surface area contributed by atoms with Gasteiger partial charge in [-0.2, -0.15) is 5.26 Å². The van der Waals surface area contributed by atoms with E-state index < -0.39 is 0 Å². The Morgan fingerprint density at radius 3 is 2.55 bits per heavy atom. The van der Waals surface area contributed by atoms with E-state index in [0.29, 0.717) is 58.6 Å². The quantitative estimate of drug-likeness (QED) is 0.317. The summed E-state index contributed by atoms with van der Waals surface area (Å²) in [5.41, 5.74) is 3.37. The molecule has 4 aromatic rings. The predicted molar refractivity (Wildman–Crippen MR) is 139 cm³/mol. The van der Waals surface area contributed by atoms with E-state index >= 15 is 0 Å². The van der Waals surface area contributed by atoms with Crippen LogP contribution in [0.25, 0.3) is 5.69 Å². The maximum atomic E-state index is 13.3. The van der Waals surface area contributed by atoms with Gasteiger partial charge in [0.05, 0.1) is 22.9 Å². The second-order valence-corrected chi connectivity index (χ2v) is 8.70. The van der Waals surface area contributed by atoms with Crippen LogP contribution in [0.3, 0.4) is 0 Å². The lowest BCUT2D eigenvalue weighted by molar-refractivity contribution is 0.112. The molecule has 38 heavy (non-hydrogen) atoms. The zero-order chi connectivity index (χ0) is 26.5. The molecule has 1 aromatic heterocycles. The topological polar surface area (TPSA) is 99.8 Å². The van der Waals surface area contributed by atoms with Gasteiger partial charge >= 0.3 is 0 Å². The van der Waals surface area contributed by atoms with Gasteiger partial charge in [-0.25, -0.2) is 0 Å². The molecule has 0 bridgehead atoms. The van der Waals surface area contributed by atoms with E-state index in [2.05, 4.69) is 6.07 Å². The van der Waals surface area contributed by atoms with Crippen LogP contribution in [0.5, 0.6) is 23.0 Å². The first-order valence-electron chi connectivity index (χ1n) is 12.0. The van der Waals surface area contributed by atoms with Gasteiger partial charge < -0.3 is 18.9 Å². The van der Waals surface area contributed by atoms with Crippen LogP contribution in [-0.4, -0.2) is 24.1 Å². The number of fused-ring (bicyclic) bond motifs is 1. The summed E-state index contributed by atoms with van der Waals surface area (Å²) in [4.78, 5) is 24.8. The molecule has 0 saturated carbocycles. The average molecular weight is 509 g/mol. The van der Waals surface area contributed by atoms with Gasteiger partial charge in [-0.15, -0.1) is 0 Å². The number of nitrogens with zero attached hydrogens (tertiary/aromatic N) is 2. The van der Waals surface area contributed by atoms with Crippen LogP contribution in [0.4, 0.5) is 0 Å². The first kappa shape index (κ1) is 24.7. The molecule has 0 radical (unpaired) electrons. The van der Waals surface area contributed by atoms with Gasteiger partial charge in [0.15, 0.2) is 23.0 Å². The van der Waals surface area contributed by atoms with Crippen LogP contribution in [0.15, 0.2) is 77.7 Å². The summed E-state index contributed by atoms with van der Waals surface area (Å²) in [5.74, 6) is 2.01. The van der Waals surface area contributed by atoms with Gasteiger partial charge in [-0.1, -0.05) is 12.1 Å². The van der Waals surface area contributed by atoms with E-state index in [4.69, 9.17) is 24.2 Å². The third-order valence-corrected chi connectivity index (χ3v) is 6.12. The summed E-state index contributed by atoms with van der Waals surface area (Å²) in [6.07, 6.45) is 2.44. The Balaban J connectivity index is 1.38. The van der Waals surface area contributed by atoms with Crippen molar-refractivity contribution in [3.8, 4) is 34.8 Å². The molecule has 0 amide bonds. The van der Waals surface area contributed by atoms with Gasteiger partial charge in [0.1, 0.15) is 32.7 Å². The fourth-order valence-electron chi connectivity index (χ4n) is 4.11. The molecule has 3 aromatic carbocycles. The van der Waals surface area contributed by atoms with Crippen molar-refractivity contribution in [2.24, 2.45) is 0 Å². The van der Waals surface area contributed by atoms with E-state index in [1.165, 1.54) is 4.57 Å². The number of pyridine rings is 1. The Kier molecular flexibility index (Phi) is 7.09. The van der Waals surface area contributed by atoms with Crippen LogP contribution in [0, 0.1) is 18.3 Å². The molecule has 5 rings (SSSR count). The molecule has 0 atom stereocenters. The Hall–Kier alpha value is -5.03. The zero-order valence-corrected chi connectivity index (χ0v) is 20.7. The SMILES string of the molecule is Cc1cc(OCc2cccn(-c3ccc4c(c3)OCCO4)c2=O)c(OCc2cccc(C#N)c2)cc1C=O. The molecule has 0 saturated heterocycles. The molecule has 8 heteroatoms.